The Balaban J connectivity index is 2.71. The van der Waals surface area contributed by atoms with Crippen molar-refractivity contribution >= 4 is 28.6 Å². The zero-order valence-corrected chi connectivity index (χ0v) is 13.2. The third kappa shape index (κ3) is 4.24. The van der Waals surface area contributed by atoms with Gasteiger partial charge in [0.05, 0.1) is 12.0 Å². The Kier molecular flexibility index (Phi) is 5.59. The molecule has 0 aromatic heterocycles. The maximum Gasteiger partial charge on any atom is 0.311 e. The first-order chi connectivity index (χ1) is 8.36. The Bertz CT molecular complexity index is 401. The second-order valence-electron chi connectivity index (χ2n) is 4.97. The summed E-state index contributed by atoms with van der Waals surface area (Å²) < 4.78 is 6.24. The van der Waals surface area contributed by atoms with Gasteiger partial charge in [-0.25, -0.2) is 0 Å². The molecule has 0 heterocycles. The van der Waals surface area contributed by atoms with E-state index in [2.05, 4.69) is 22.6 Å². The highest BCUT2D eigenvalue weighted by Gasteiger charge is 2.31. The lowest BCUT2D eigenvalue weighted by Gasteiger charge is -2.25. The van der Waals surface area contributed by atoms with Crippen molar-refractivity contribution in [2.75, 3.05) is 6.61 Å². The van der Waals surface area contributed by atoms with Gasteiger partial charge < -0.3 is 10.5 Å². The van der Waals surface area contributed by atoms with Crippen molar-refractivity contribution in [1.29, 1.82) is 0 Å². The van der Waals surface area contributed by atoms with E-state index in [9.17, 15) is 4.79 Å². The van der Waals surface area contributed by atoms with Crippen LogP contribution in [-0.2, 0) is 9.53 Å². The van der Waals surface area contributed by atoms with Gasteiger partial charge in [0.25, 0.3) is 0 Å². The molecule has 0 aliphatic rings. The van der Waals surface area contributed by atoms with E-state index in [0.717, 1.165) is 5.56 Å². The molecule has 0 aliphatic heterocycles. The predicted octanol–water partition coefficient (Wildman–Crippen LogP) is 3.27. The lowest BCUT2D eigenvalue weighted by atomic mass is 9.84. The fourth-order valence-electron chi connectivity index (χ4n) is 1.79. The summed E-state index contributed by atoms with van der Waals surface area (Å²) in [5, 5.41) is 0. The van der Waals surface area contributed by atoms with E-state index in [1.54, 1.807) is 0 Å². The Morgan fingerprint density at radius 2 is 1.94 bits per heavy atom. The van der Waals surface area contributed by atoms with Gasteiger partial charge >= 0.3 is 5.97 Å². The van der Waals surface area contributed by atoms with Crippen molar-refractivity contribution in [3.8, 4) is 0 Å². The quantitative estimate of drug-likeness (QED) is 0.647. The van der Waals surface area contributed by atoms with Crippen LogP contribution >= 0.6 is 22.6 Å². The first-order valence-corrected chi connectivity index (χ1v) is 7.13. The van der Waals surface area contributed by atoms with Crippen LogP contribution in [0.5, 0.6) is 0 Å². The molecule has 1 rings (SSSR count). The Labute approximate surface area is 122 Å². The van der Waals surface area contributed by atoms with Gasteiger partial charge in [-0.05, 0) is 67.5 Å². The molecular formula is C14H20INO2. The number of hydrogen-bond donors (Lipinski definition) is 1. The largest absolute Gasteiger partial charge is 0.466 e. The molecule has 0 radical (unpaired) electrons. The molecule has 0 amide bonds. The fraction of sp³-hybridized carbons (Fsp3) is 0.500. The maximum atomic E-state index is 11.8. The van der Waals surface area contributed by atoms with Crippen molar-refractivity contribution in [2.45, 2.75) is 33.2 Å². The second-order valence-corrected chi connectivity index (χ2v) is 6.21. The zero-order valence-electron chi connectivity index (χ0n) is 11.1. The SMILES string of the molecule is CCOC(=O)C(C)(C)CC(N)c1ccc(I)cc1. The van der Waals surface area contributed by atoms with Gasteiger partial charge in [-0.2, -0.15) is 0 Å². The number of carbonyl (C=O) groups is 1. The third-order valence-corrected chi connectivity index (χ3v) is 3.58. The lowest BCUT2D eigenvalue weighted by molar-refractivity contribution is -0.154. The maximum absolute atomic E-state index is 11.8. The molecule has 1 unspecified atom stereocenters. The van der Waals surface area contributed by atoms with Crippen molar-refractivity contribution in [3.05, 3.63) is 33.4 Å². The first kappa shape index (κ1) is 15.4. The number of nitrogens with two attached hydrogens (primary N) is 1. The minimum atomic E-state index is -0.557. The molecule has 0 spiro atoms. The number of carbonyl (C=O) groups excluding carboxylic acids is 1. The van der Waals surface area contributed by atoms with Crippen LogP contribution in [0.4, 0.5) is 0 Å². The molecule has 3 nitrogen and oxygen atoms in total. The smallest absolute Gasteiger partial charge is 0.311 e. The van der Waals surface area contributed by atoms with Crippen LogP contribution in [0, 0.1) is 8.99 Å². The predicted molar refractivity (Wildman–Crippen MR) is 81.1 cm³/mol. The first-order valence-electron chi connectivity index (χ1n) is 6.05. The van der Waals surface area contributed by atoms with Gasteiger partial charge in [-0.15, -0.1) is 0 Å². The van der Waals surface area contributed by atoms with Crippen LogP contribution in [-0.4, -0.2) is 12.6 Å². The summed E-state index contributed by atoms with van der Waals surface area (Å²) in [5.41, 5.74) is 6.65. The van der Waals surface area contributed by atoms with Crippen molar-refractivity contribution in [1.82, 2.24) is 0 Å². The van der Waals surface area contributed by atoms with Crippen LogP contribution < -0.4 is 5.73 Å². The van der Waals surface area contributed by atoms with Crippen LogP contribution in [0.25, 0.3) is 0 Å². The molecule has 1 aromatic rings. The van der Waals surface area contributed by atoms with E-state index in [1.807, 2.05) is 45.0 Å². The van der Waals surface area contributed by atoms with Gasteiger partial charge in [0, 0.05) is 9.61 Å². The van der Waals surface area contributed by atoms with Crippen LogP contribution in [0.3, 0.4) is 0 Å². The average Bonchev–Trinajstić information content (AvgIpc) is 2.29. The summed E-state index contributed by atoms with van der Waals surface area (Å²) in [4.78, 5) is 11.8. The summed E-state index contributed by atoms with van der Waals surface area (Å²) in [7, 11) is 0. The molecule has 0 fully saturated rings. The molecular weight excluding hydrogens is 341 g/mol. The van der Waals surface area contributed by atoms with E-state index < -0.39 is 5.41 Å². The van der Waals surface area contributed by atoms with E-state index >= 15 is 0 Å². The summed E-state index contributed by atoms with van der Waals surface area (Å²) >= 11 is 2.25. The van der Waals surface area contributed by atoms with Crippen LogP contribution in [0.1, 0.15) is 38.8 Å². The minimum Gasteiger partial charge on any atom is -0.466 e. The van der Waals surface area contributed by atoms with E-state index in [1.165, 1.54) is 3.57 Å². The van der Waals surface area contributed by atoms with Crippen molar-refractivity contribution in [2.24, 2.45) is 11.1 Å². The normalized spacial score (nSPS) is 13.2. The van der Waals surface area contributed by atoms with Crippen LogP contribution in [0.2, 0.25) is 0 Å². The van der Waals surface area contributed by atoms with Gasteiger partial charge in [0.2, 0.25) is 0 Å². The topological polar surface area (TPSA) is 52.3 Å². The molecule has 4 heteroatoms. The average molecular weight is 361 g/mol. The summed E-state index contributed by atoms with van der Waals surface area (Å²) in [5.74, 6) is -0.189. The number of ether oxygens (including phenoxy) is 1. The van der Waals surface area contributed by atoms with Gasteiger partial charge in [-0.3, -0.25) is 4.79 Å². The number of halogens is 1. The third-order valence-electron chi connectivity index (χ3n) is 2.86. The fourth-order valence-corrected chi connectivity index (χ4v) is 2.15. The molecule has 0 aliphatic carbocycles. The number of benzene rings is 1. The monoisotopic (exact) mass is 361 g/mol. The molecule has 0 saturated carbocycles. The standard InChI is InChI=1S/C14H20INO2/c1-4-18-13(17)14(2,3)9-12(16)10-5-7-11(15)8-6-10/h5-8,12H,4,9,16H2,1-3H3. The van der Waals surface area contributed by atoms with Crippen molar-refractivity contribution < 1.29 is 9.53 Å². The highest BCUT2D eigenvalue weighted by Crippen LogP contribution is 2.30. The Morgan fingerprint density at radius 1 is 1.39 bits per heavy atom. The van der Waals surface area contributed by atoms with Crippen molar-refractivity contribution in [3.63, 3.8) is 0 Å². The number of esters is 1. The molecule has 0 bridgehead atoms. The van der Waals surface area contributed by atoms with Gasteiger partial charge in [0.15, 0.2) is 0 Å². The summed E-state index contributed by atoms with van der Waals surface area (Å²) in [6.45, 7) is 5.96. The van der Waals surface area contributed by atoms with Gasteiger partial charge in [-0.1, -0.05) is 12.1 Å². The number of hydrogen-bond acceptors (Lipinski definition) is 3. The van der Waals surface area contributed by atoms with E-state index in [4.69, 9.17) is 10.5 Å². The minimum absolute atomic E-state index is 0.151. The highest BCUT2D eigenvalue weighted by atomic mass is 127. The summed E-state index contributed by atoms with van der Waals surface area (Å²) in [6, 6.07) is 7.91. The summed E-state index contributed by atoms with van der Waals surface area (Å²) in [6.07, 6.45) is 0.576. The van der Waals surface area contributed by atoms with E-state index in [-0.39, 0.29) is 12.0 Å². The Hall–Kier alpha value is -0.620. The second kappa shape index (κ2) is 6.52. The van der Waals surface area contributed by atoms with Gasteiger partial charge in [0.1, 0.15) is 0 Å². The Morgan fingerprint density at radius 3 is 2.44 bits per heavy atom. The zero-order chi connectivity index (χ0) is 13.8. The lowest BCUT2D eigenvalue weighted by Crippen LogP contribution is -2.31. The molecule has 0 saturated heterocycles. The molecule has 2 N–H and O–H groups in total. The van der Waals surface area contributed by atoms with E-state index in [0.29, 0.717) is 13.0 Å². The number of rotatable bonds is 5. The molecule has 1 atom stereocenters. The molecule has 18 heavy (non-hydrogen) atoms. The molecule has 100 valence electrons. The molecule has 1 aromatic carbocycles. The van der Waals surface area contributed by atoms with Crippen LogP contribution in [0.15, 0.2) is 24.3 Å². The highest BCUT2D eigenvalue weighted by molar-refractivity contribution is 14.1.